The normalized spacial score (nSPS) is 10.4. The van der Waals surface area contributed by atoms with E-state index in [1.54, 1.807) is 6.07 Å². The molecule has 142 valence electrons. The summed E-state index contributed by atoms with van der Waals surface area (Å²) in [6.45, 7) is 0. The monoisotopic (exact) mass is 380 g/mol. The summed E-state index contributed by atoms with van der Waals surface area (Å²) >= 11 is 0. The van der Waals surface area contributed by atoms with Gasteiger partial charge in [0.2, 0.25) is 0 Å². The van der Waals surface area contributed by atoms with Crippen LogP contribution < -0.4 is 15.7 Å². The van der Waals surface area contributed by atoms with Crippen molar-refractivity contribution >= 4 is 41.0 Å². The Hall–Kier alpha value is -3.54. The van der Waals surface area contributed by atoms with Gasteiger partial charge in [-0.1, -0.05) is 60.7 Å². The molecule has 0 aromatic heterocycles. The van der Waals surface area contributed by atoms with E-state index in [1.165, 1.54) is 0 Å². The summed E-state index contributed by atoms with van der Waals surface area (Å²) < 4.78 is 0. The van der Waals surface area contributed by atoms with E-state index in [2.05, 4.69) is 10.2 Å². The minimum Gasteiger partial charge on any atom is -0.423 e. The fourth-order valence-corrected chi connectivity index (χ4v) is 3.30. The summed E-state index contributed by atoms with van der Waals surface area (Å²) in [7, 11) is -1.57. The average molecular weight is 380 g/mol. The third kappa shape index (κ3) is 4.32. The summed E-state index contributed by atoms with van der Waals surface area (Å²) in [6, 6.07) is 35.4. The lowest BCUT2D eigenvalue weighted by Gasteiger charge is -2.26. The average Bonchev–Trinajstić information content (AvgIpc) is 2.76. The van der Waals surface area contributed by atoms with E-state index >= 15 is 0 Å². The molecule has 5 heteroatoms. The van der Waals surface area contributed by atoms with Crippen LogP contribution in [-0.4, -0.2) is 17.2 Å². The van der Waals surface area contributed by atoms with Gasteiger partial charge in [-0.3, -0.25) is 0 Å². The van der Waals surface area contributed by atoms with Crippen LogP contribution in [-0.2, 0) is 0 Å². The quantitative estimate of drug-likeness (QED) is 0.429. The van der Waals surface area contributed by atoms with Crippen molar-refractivity contribution < 1.29 is 10.0 Å². The second-order valence-electron chi connectivity index (χ2n) is 6.64. The molecule has 0 unspecified atom stereocenters. The van der Waals surface area contributed by atoms with Gasteiger partial charge in [0, 0.05) is 33.9 Å². The molecule has 3 N–H and O–H groups in total. The molecule has 4 rings (SSSR count). The number of nitrogens with one attached hydrogen (secondary N) is 1. The SMILES string of the molecule is OB(O)c1ccc(N(c2ccccc2)c2ccccc2)cc1Nc1ccccc1. The molecule has 4 nitrogen and oxygen atoms in total. The van der Waals surface area contributed by atoms with E-state index in [9.17, 15) is 10.0 Å². The fourth-order valence-electron chi connectivity index (χ4n) is 3.30. The Morgan fingerprint density at radius 3 is 1.62 bits per heavy atom. The van der Waals surface area contributed by atoms with E-state index in [0.29, 0.717) is 11.2 Å². The van der Waals surface area contributed by atoms with Crippen LogP contribution in [0.15, 0.2) is 109 Å². The predicted molar refractivity (Wildman–Crippen MR) is 121 cm³/mol. The molecule has 0 aliphatic carbocycles. The highest BCUT2D eigenvalue weighted by Gasteiger charge is 2.19. The van der Waals surface area contributed by atoms with Gasteiger partial charge in [0.1, 0.15) is 0 Å². The smallest absolute Gasteiger partial charge is 0.423 e. The Morgan fingerprint density at radius 1 is 0.586 bits per heavy atom. The van der Waals surface area contributed by atoms with Crippen LogP contribution in [0, 0.1) is 0 Å². The molecule has 4 aromatic carbocycles. The van der Waals surface area contributed by atoms with Crippen LogP contribution in [0.2, 0.25) is 0 Å². The summed E-state index contributed by atoms with van der Waals surface area (Å²) in [5, 5.41) is 23.0. The van der Waals surface area contributed by atoms with Crippen LogP contribution in [0.25, 0.3) is 0 Å². The zero-order valence-corrected chi connectivity index (χ0v) is 15.8. The van der Waals surface area contributed by atoms with E-state index in [-0.39, 0.29) is 0 Å². The van der Waals surface area contributed by atoms with Crippen LogP contribution >= 0.6 is 0 Å². The predicted octanol–water partition coefficient (Wildman–Crippen LogP) is 4.58. The molecular formula is C24H21BN2O2. The summed E-state index contributed by atoms with van der Waals surface area (Å²) in [6.07, 6.45) is 0. The Morgan fingerprint density at radius 2 is 1.10 bits per heavy atom. The van der Waals surface area contributed by atoms with Crippen LogP contribution in [0.4, 0.5) is 28.4 Å². The van der Waals surface area contributed by atoms with E-state index in [4.69, 9.17) is 0 Å². The minimum absolute atomic E-state index is 0.415. The number of anilines is 5. The molecule has 4 aromatic rings. The van der Waals surface area contributed by atoms with E-state index in [1.807, 2.05) is 103 Å². The first-order valence-corrected chi connectivity index (χ1v) is 9.45. The highest BCUT2D eigenvalue weighted by molar-refractivity contribution is 6.60. The maximum absolute atomic E-state index is 9.85. The van der Waals surface area contributed by atoms with Crippen molar-refractivity contribution in [1.29, 1.82) is 0 Å². The molecule has 0 fully saturated rings. The molecule has 0 spiro atoms. The van der Waals surface area contributed by atoms with Gasteiger partial charge in [-0.2, -0.15) is 0 Å². The largest absolute Gasteiger partial charge is 0.490 e. The van der Waals surface area contributed by atoms with Gasteiger partial charge < -0.3 is 20.3 Å². The molecule has 0 aliphatic rings. The third-order valence-electron chi connectivity index (χ3n) is 4.65. The highest BCUT2D eigenvalue weighted by Crippen LogP contribution is 2.35. The van der Waals surface area contributed by atoms with Crippen LogP contribution in [0.1, 0.15) is 0 Å². The maximum atomic E-state index is 9.85. The van der Waals surface area contributed by atoms with Crippen molar-refractivity contribution in [3.8, 4) is 0 Å². The van der Waals surface area contributed by atoms with Gasteiger partial charge in [0.15, 0.2) is 0 Å². The topological polar surface area (TPSA) is 55.7 Å². The van der Waals surface area contributed by atoms with Gasteiger partial charge in [-0.15, -0.1) is 0 Å². The van der Waals surface area contributed by atoms with Crippen LogP contribution in [0.5, 0.6) is 0 Å². The van der Waals surface area contributed by atoms with Crippen molar-refractivity contribution in [3.63, 3.8) is 0 Å². The fraction of sp³-hybridized carbons (Fsp3) is 0. The van der Waals surface area contributed by atoms with Crippen molar-refractivity contribution in [3.05, 3.63) is 109 Å². The van der Waals surface area contributed by atoms with Gasteiger partial charge in [0.25, 0.3) is 0 Å². The Kier molecular flexibility index (Phi) is 5.61. The summed E-state index contributed by atoms with van der Waals surface area (Å²) in [5.41, 5.74) is 4.87. The van der Waals surface area contributed by atoms with Gasteiger partial charge in [-0.25, -0.2) is 0 Å². The zero-order chi connectivity index (χ0) is 20.1. The molecular weight excluding hydrogens is 359 g/mol. The Balaban J connectivity index is 1.82. The molecule has 0 radical (unpaired) electrons. The Bertz CT molecular complexity index is 1020. The Labute approximate surface area is 170 Å². The first kappa shape index (κ1) is 18.8. The molecule has 0 bridgehead atoms. The van der Waals surface area contributed by atoms with Gasteiger partial charge in [-0.05, 0) is 48.5 Å². The number of rotatable bonds is 6. The van der Waals surface area contributed by atoms with Crippen molar-refractivity contribution in [2.75, 3.05) is 10.2 Å². The number of hydrogen-bond donors (Lipinski definition) is 3. The lowest BCUT2D eigenvalue weighted by molar-refractivity contribution is 0.426. The van der Waals surface area contributed by atoms with Crippen molar-refractivity contribution in [1.82, 2.24) is 0 Å². The molecule has 0 saturated heterocycles. The third-order valence-corrected chi connectivity index (χ3v) is 4.65. The second-order valence-corrected chi connectivity index (χ2v) is 6.64. The molecule has 0 heterocycles. The van der Waals surface area contributed by atoms with Crippen LogP contribution in [0.3, 0.4) is 0 Å². The van der Waals surface area contributed by atoms with E-state index in [0.717, 1.165) is 22.7 Å². The lowest BCUT2D eigenvalue weighted by atomic mass is 9.78. The molecule has 0 saturated carbocycles. The van der Waals surface area contributed by atoms with Gasteiger partial charge in [0.05, 0.1) is 0 Å². The summed E-state index contributed by atoms with van der Waals surface area (Å²) in [5.74, 6) is 0. The maximum Gasteiger partial charge on any atom is 0.490 e. The first-order valence-electron chi connectivity index (χ1n) is 9.45. The number of para-hydroxylation sites is 3. The molecule has 0 atom stereocenters. The summed E-state index contributed by atoms with van der Waals surface area (Å²) in [4.78, 5) is 2.13. The zero-order valence-electron chi connectivity index (χ0n) is 15.8. The van der Waals surface area contributed by atoms with Gasteiger partial charge >= 0.3 is 7.12 Å². The number of hydrogen-bond acceptors (Lipinski definition) is 4. The molecule has 29 heavy (non-hydrogen) atoms. The van der Waals surface area contributed by atoms with E-state index < -0.39 is 7.12 Å². The number of benzene rings is 4. The number of nitrogens with zero attached hydrogens (tertiary/aromatic N) is 1. The lowest BCUT2D eigenvalue weighted by Crippen LogP contribution is -2.32. The minimum atomic E-state index is -1.57. The highest BCUT2D eigenvalue weighted by atomic mass is 16.4. The second kappa shape index (κ2) is 8.65. The first-order chi connectivity index (χ1) is 14.2. The molecule has 0 aliphatic heterocycles. The molecule has 0 amide bonds. The van der Waals surface area contributed by atoms with Crippen molar-refractivity contribution in [2.24, 2.45) is 0 Å². The standard InChI is InChI=1S/C24H21BN2O2/c28-25(29)23-17-16-22(18-24(23)26-19-10-4-1-5-11-19)27(20-12-6-2-7-13-20)21-14-8-3-9-15-21/h1-18,26,28-29H. The van der Waals surface area contributed by atoms with Crippen molar-refractivity contribution in [2.45, 2.75) is 0 Å².